The molecule has 2 aromatic carbocycles. The third-order valence-corrected chi connectivity index (χ3v) is 3.75. The van der Waals surface area contributed by atoms with E-state index in [4.69, 9.17) is 4.74 Å². The number of aryl methyl sites for hydroxylation is 1. The van der Waals surface area contributed by atoms with Crippen LogP contribution in [0.15, 0.2) is 42.5 Å². The van der Waals surface area contributed by atoms with Crippen molar-refractivity contribution in [1.82, 2.24) is 0 Å². The first-order chi connectivity index (χ1) is 10.2. The van der Waals surface area contributed by atoms with Gasteiger partial charge < -0.3 is 9.64 Å². The smallest absolute Gasteiger partial charge is 0.262 e. The van der Waals surface area contributed by atoms with Crippen LogP contribution < -0.4 is 9.64 Å². The molecule has 0 radical (unpaired) electrons. The second-order valence-electron chi connectivity index (χ2n) is 5.01. The number of fused-ring (bicyclic) bond motifs is 1. The van der Waals surface area contributed by atoms with E-state index < -0.39 is 0 Å². The minimum absolute atomic E-state index is 0.224. The van der Waals surface area contributed by atoms with Crippen LogP contribution in [-0.4, -0.2) is 19.6 Å². The summed E-state index contributed by atoms with van der Waals surface area (Å²) in [6.45, 7) is 0.519. The van der Waals surface area contributed by atoms with E-state index >= 15 is 0 Å². The Bertz CT molecular complexity index is 684. The van der Waals surface area contributed by atoms with Gasteiger partial charge >= 0.3 is 0 Å². The van der Waals surface area contributed by atoms with E-state index in [0.29, 0.717) is 23.5 Å². The number of amides is 1. The number of hydrogen-bond acceptors (Lipinski definition) is 2. The summed E-state index contributed by atoms with van der Waals surface area (Å²) in [5.74, 6) is -0.0695. The van der Waals surface area contributed by atoms with Crippen molar-refractivity contribution in [1.29, 1.82) is 0 Å². The van der Waals surface area contributed by atoms with Crippen LogP contribution in [-0.2, 0) is 6.42 Å². The molecule has 108 valence electrons. The zero-order chi connectivity index (χ0) is 14.8. The fourth-order valence-corrected chi connectivity index (χ4v) is 2.77. The molecular formula is C17H16FNO2. The lowest BCUT2D eigenvalue weighted by atomic mass is 10.00. The van der Waals surface area contributed by atoms with Gasteiger partial charge in [0.2, 0.25) is 0 Å². The minimum Gasteiger partial charge on any atom is -0.496 e. The van der Waals surface area contributed by atoms with Crippen LogP contribution in [0.25, 0.3) is 0 Å². The zero-order valence-electron chi connectivity index (χ0n) is 11.8. The molecule has 0 bridgehead atoms. The number of rotatable bonds is 2. The fourth-order valence-electron chi connectivity index (χ4n) is 2.77. The Hall–Kier alpha value is -2.36. The summed E-state index contributed by atoms with van der Waals surface area (Å²) in [5, 5.41) is 0. The number of ether oxygens (including phenoxy) is 1. The topological polar surface area (TPSA) is 29.5 Å². The summed E-state index contributed by atoms with van der Waals surface area (Å²) < 4.78 is 19.4. The Kier molecular flexibility index (Phi) is 3.60. The Balaban J connectivity index is 2.05. The molecule has 0 fully saturated rings. The predicted octanol–water partition coefficient (Wildman–Crippen LogP) is 3.43. The molecule has 1 amide bonds. The third-order valence-electron chi connectivity index (χ3n) is 3.75. The lowest BCUT2D eigenvalue weighted by molar-refractivity contribution is 0.0981. The van der Waals surface area contributed by atoms with Crippen LogP contribution >= 0.6 is 0 Å². The second-order valence-corrected chi connectivity index (χ2v) is 5.01. The number of para-hydroxylation sites is 2. The molecule has 1 aliphatic rings. The first-order valence-electron chi connectivity index (χ1n) is 6.94. The molecule has 3 rings (SSSR count). The normalized spacial score (nSPS) is 13.7. The van der Waals surface area contributed by atoms with Crippen LogP contribution in [0.1, 0.15) is 22.3 Å². The van der Waals surface area contributed by atoms with Crippen LogP contribution in [0, 0.1) is 5.82 Å². The van der Waals surface area contributed by atoms with Gasteiger partial charge in [-0.05, 0) is 36.6 Å². The van der Waals surface area contributed by atoms with Crippen molar-refractivity contribution in [3.05, 3.63) is 59.4 Å². The highest BCUT2D eigenvalue weighted by atomic mass is 19.1. The SMILES string of the molecule is COc1ccccc1C(=O)N1CCCc2cccc(F)c21. The molecule has 1 aliphatic heterocycles. The quantitative estimate of drug-likeness (QED) is 0.846. The molecule has 4 heteroatoms. The summed E-state index contributed by atoms with van der Waals surface area (Å²) in [6, 6.07) is 12.0. The molecule has 0 aromatic heterocycles. The number of nitrogens with zero attached hydrogens (tertiary/aromatic N) is 1. The van der Waals surface area contributed by atoms with Crippen LogP contribution in [0.4, 0.5) is 10.1 Å². The molecule has 3 nitrogen and oxygen atoms in total. The maximum absolute atomic E-state index is 14.2. The maximum Gasteiger partial charge on any atom is 0.262 e. The maximum atomic E-state index is 14.2. The van der Waals surface area contributed by atoms with Gasteiger partial charge in [-0.15, -0.1) is 0 Å². The van der Waals surface area contributed by atoms with Gasteiger partial charge in [0.1, 0.15) is 11.6 Å². The first kappa shape index (κ1) is 13.6. The lowest BCUT2D eigenvalue weighted by Gasteiger charge is -2.30. The number of carbonyl (C=O) groups excluding carboxylic acids is 1. The molecule has 1 heterocycles. The number of benzene rings is 2. The van der Waals surface area contributed by atoms with Crippen molar-refractivity contribution in [3.63, 3.8) is 0 Å². The van der Waals surface area contributed by atoms with Crippen LogP contribution in [0.5, 0.6) is 5.75 Å². The predicted molar refractivity (Wildman–Crippen MR) is 79.4 cm³/mol. The van der Waals surface area contributed by atoms with E-state index in [2.05, 4.69) is 0 Å². The van der Waals surface area contributed by atoms with Crippen molar-refractivity contribution in [2.45, 2.75) is 12.8 Å². The van der Waals surface area contributed by atoms with Crippen molar-refractivity contribution >= 4 is 11.6 Å². The Labute approximate surface area is 123 Å². The monoisotopic (exact) mass is 285 g/mol. The third kappa shape index (κ3) is 2.37. The number of halogens is 1. The van der Waals surface area contributed by atoms with E-state index in [1.165, 1.54) is 18.1 Å². The van der Waals surface area contributed by atoms with Crippen molar-refractivity contribution in [3.8, 4) is 5.75 Å². The van der Waals surface area contributed by atoms with Gasteiger partial charge in [-0.25, -0.2) is 4.39 Å². The summed E-state index contributed by atoms with van der Waals surface area (Å²) >= 11 is 0. The van der Waals surface area contributed by atoms with Gasteiger partial charge in [0.25, 0.3) is 5.91 Å². The average molecular weight is 285 g/mol. The van der Waals surface area contributed by atoms with Crippen LogP contribution in [0.2, 0.25) is 0 Å². The van der Waals surface area contributed by atoms with Gasteiger partial charge in [-0.3, -0.25) is 4.79 Å². The van der Waals surface area contributed by atoms with E-state index in [1.807, 2.05) is 6.07 Å². The molecule has 21 heavy (non-hydrogen) atoms. The van der Waals surface area contributed by atoms with Gasteiger partial charge in [0.15, 0.2) is 0 Å². The summed E-state index contributed by atoms with van der Waals surface area (Å²) in [4.78, 5) is 14.3. The molecular weight excluding hydrogens is 269 g/mol. The number of anilines is 1. The fraction of sp³-hybridized carbons (Fsp3) is 0.235. The Morgan fingerprint density at radius 3 is 2.81 bits per heavy atom. The zero-order valence-corrected chi connectivity index (χ0v) is 11.8. The molecule has 0 saturated heterocycles. The first-order valence-corrected chi connectivity index (χ1v) is 6.94. The molecule has 2 aromatic rings. The molecule has 0 unspecified atom stereocenters. The van der Waals surface area contributed by atoms with Crippen molar-refractivity contribution in [2.24, 2.45) is 0 Å². The summed E-state index contributed by atoms with van der Waals surface area (Å²) in [5.41, 5.74) is 1.74. The highest BCUT2D eigenvalue weighted by Crippen LogP contribution is 2.32. The number of carbonyl (C=O) groups is 1. The molecule has 0 atom stereocenters. The Morgan fingerprint density at radius 2 is 2.00 bits per heavy atom. The second kappa shape index (κ2) is 5.56. The van der Waals surface area contributed by atoms with Gasteiger partial charge in [-0.1, -0.05) is 24.3 Å². The molecule has 0 N–H and O–H groups in total. The molecule has 0 spiro atoms. The van der Waals surface area contributed by atoms with Crippen molar-refractivity contribution in [2.75, 3.05) is 18.6 Å². The lowest BCUT2D eigenvalue weighted by Crippen LogP contribution is -2.36. The van der Waals surface area contributed by atoms with E-state index in [1.54, 1.807) is 30.3 Å². The van der Waals surface area contributed by atoms with Gasteiger partial charge in [0.05, 0.1) is 18.4 Å². The van der Waals surface area contributed by atoms with E-state index in [0.717, 1.165) is 18.4 Å². The highest BCUT2D eigenvalue weighted by molar-refractivity contribution is 6.08. The minimum atomic E-state index is -0.351. The van der Waals surface area contributed by atoms with Crippen molar-refractivity contribution < 1.29 is 13.9 Å². The number of hydrogen-bond donors (Lipinski definition) is 0. The van der Waals surface area contributed by atoms with Gasteiger partial charge in [0, 0.05) is 6.54 Å². The standard InChI is InChI=1S/C17H16FNO2/c1-21-15-10-3-2-8-13(15)17(20)19-11-5-7-12-6-4-9-14(18)16(12)19/h2-4,6,8-10H,5,7,11H2,1H3. The summed E-state index contributed by atoms with van der Waals surface area (Å²) in [6.07, 6.45) is 1.63. The van der Waals surface area contributed by atoms with E-state index in [-0.39, 0.29) is 11.7 Å². The van der Waals surface area contributed by atoms with E-state index in [9.17, 15) is 9.18 Å². The highest BCUT2D eigenvalue weighted by Gasteiger charge is 2.27. The van der Waals surface area contributed by atoms with Gasteiger partial charge in [-0.2, -0.15) is 0 Å². The largest absolute Gasteiger partial charge is 0.496 e. The molecule has 0 saturated carbocycles. The molecule has 0 aliphatic carbocycles. The Morgan fingerprint density at radius 1 is 1.19 bits per heavy atom. The van der Waals surface area contributed by atoms with Crippen LogP contribution in [0.3, 0.4) is 0 Å². The number of methoxy groups -OCH3 is 1. The summed E-state index contributed by atoms with van der Waals surface area (Å²) in [7, 11) is 1.52. The average Bonchev–Trinajstić information content (AvgIpc) is 2.54.